The maximum Gasteiger partial charge on any atom is 0.278 e. The predicted molar refractivity (Wildman–Crippen MR) is 125 cm³/mol. The number of aliphatic imine (C=N–C) groups is 1. The second-order valence-electron chi connectivity index (χ2n) is 9.63. The van der Waals surface area contributed by atoms with Crippen LogP contribution >= 0.6 is 0 Å². The van der Waals surface area contributed by atoms with Crippen LogP contribution in [0.2, 0.25) is 0 Å². The van der Waals surface area contributed by atoms with Crippen molar-refractivity contribution < 1.29 is 9.34 Å². The zero-order valence-corrected chi connectivity index (χ0v) is 18.5. The highest BCUT2D eigenvalue weighted by molar-refractivity contribution is 6.17. The average Bonchev–Trinajstić information content (AvgIpc) is 3.43. The van der Waals surface area contributed by atoms with Crippen molar-refractivity contribution in [3.63, 3.8) is 0 Å². The van der Waals surface area contributed by atoms with Gasteiger partial charge in [-0.1, -0.05) is 18.2 Å². The largest absolute Gasteiger partial charge is 0.442 e. The minimum Gasteiger partial charge on any atom is -0.442 e. The van der Waals surface area contributed by atoms with E-state index in [2.05, 4.69) is 28.2 Å². The SMILES string of the molecule is C[C@@H]1N=C(c2ccccc2[N+](=O)[O-])c2cc(C34CC(C3)C4)ccc2-n2cnc(-c3cnco3)c21. The molecule has 0 saturated heterocycles. The average molecular weight is 451 g/mol. The van der Waals surface area contributed by atoms with Crippen molar-refractivity contribution in [2.24, 2.45) is 10.9 Å². The lowest BCUT2D eigenvalue weighted by Crippen LogP contribution is -2.55. The Bertz CT molecular complexity index is 1480. The molecule has 0 N–H and O–H groups in total. The zero-order chi connectivity index (χ0) is 23.0. The number of hydrogen-bond donors (Lipinski definition) is 0. The Hall–Kier alpha value is -4.07. The molecule has 2 aromatic carbocycles. The van der Waals surface area contributed by atoms with Crippen molar-refractivity contribution in [2.45, 2.75) is 37.6 Å². The Morgan fingerprint density at radius 1 is 1.15 bits per heavy atom. The van der Waals surface area contributed by atoms with E-state index in [1.54, 1.807) is 30.7 Å². The van der Waals surface area contributed by atoms with E-state index in [1.807, 2.05) is 17.6 Å². The standard InChI is InChI=1S/C26H21N5O3/c1-15-25-24(22-12-27-14-34-22)28-13-30(25)20-7-6-17(26-9-16(10-26)11-26)8-19(20)23(29-15)18-4-2-3-5-21(18)31(32)33/h2-8,12-16H,9-11H2,1H3/t15-,16?,26?/m0/s1. The molecule has 8 heteroatoms. The molecular formula is C26H21N5O3. The Kier molecular flexibility index (Phi) is 3.84. The molecule has 4 aromatic rings. The maximum absolute atomic E-state index is 11.9. The van der Waals surface area contributed by atoms with Gasteiger partial charge < -0.3 is 4.42 Å². The second kappa shape index (κ2) is 6.72. The molecule has 34 heavy (non-hydrogen) atoms. The first-order chi connectivity index (χ1) is 16.5. The van der Waals surface area contributed by atoms with Crippen molar-refractivity contribution in [1.29, 1.82) is 0 Å². The van der Waals surface area contributed by atoms with Crippen LogP contribution in [-0.4, -0.2) is 25.2 Å². The van der Waals surface area contributed by atoms with Crippen molar-refractivity contribution in [3.05, 3.63) is 93.9 Å². The van der Waals surface area contributed by atoms with Crippen LogP contribution in [0.3, 0.4) is 0 Å². The number of aromatic nitrogens is 3. The number of hydrogen-bond acceptors (Lipinski definition) is 6. The molecule has 168 valence electrons. The molecule has 2 bridgehead atoms. The van der Waals surface area contributed by atoms with Crippen LogP contribution in [0.1, 0.15) is 54.6 Å². The normalized spacial score (nSPS) is 24.2. The third-order valence-electron chi connectivity index (χ3n) is 7.71. The Balaban J connectivity index is 1.50. The van der Waals surface area contributed by atoms with Crippen LogP contribution in [0, 0.1) is 16.0 Å². The predicted octanol–water partition coefficient (Wildman–Crippen LogP) is 5.40. The van der Waals surface area contributed by atoms with E-state index in [9.17, 15) is 10.1 Å². The topological polar surface area (TPSA) is 99.3 Å². The summed E-state index contributed by atoms with van der Waals surface area (Å²) in [6, 6.07) is 13.1. The minimum absolute atomic E-state index is 0.0514. The summed E-state index contributed by atoms with van der Waals surface area (Å²) in [5.74, 6) is 1.42. The van der Waals surface area contributed by atoms with E-state index in [4.69, 9.17) is 9.41 Å². The summed E-state index contributed by atoms with van der Waals surface area (Å²) in [7, 11) is 0. The van der Waals surface area contributed by atoms with Gasteiger partial charge in [0.2, 0.25) is 0 Å². The number of rotatable bonds is 4. The Morgan fingerprint density at radius 2 is 1.97 bits per heavy atom. The van der Waals surface area contributed by atoms with E-state index in [1.165, 1.54) is 31.2 Å². The van der Waals surface area contributed by atoms with Crippen LogP contribution in [-0.2, 0) is 5.41 Å². The van der Waals surface area contributed by atoms with Crippen LogP contribution in [0.5, 0.6) is 0 Å². The molecule has 3 heterocycles. The van der Waals surface area contributed by atoms with Gasteiger partial charge in [-0.2, -0.15) is 0 Å². The lowest BCUT2D eigenvalue weighted by atomic mass is 9.42. The van der Waals surface area contributed by atoms with Crippen LogP contribution < -0.4 is 0 Å². The summed E-state index contributed by atoms with van der Waals surface area (Å²) in [5.41, 5.74) is 6.10. The van der Waals surface area contributed by atoms with Crippen molar-refractivity contribution >= 4 is 11.4 Å². The van der Waals surface area contributed by atoms with Gasteiger partial charge >= 0.3 is 0 Å². The van der Waals surface area contributed by atoms with Gasteiger partial charge in [0.05, 0.1) is 39.8 Å². The maximum atomic E-state index is 11.9. The number of nitro groups is 1. The second-order valence-corrected chi connectivity index (χ2v) is 9.63. The number of nitro benzene ring substituents is 1. The fourth-order valence-electron chi connectivity index (χ4n) is 5.94. The molecule has 0 radical (unpaired) electrons. The van der Waals surface area contributed by atoms with E-state index in [0.717, 1.165) is 22.9 Å². The van der Waals surface area contributed by atoms with Crippen LogP contribution in [0.25, 0.3) is 17.1 Å². The molecule has 1 atom stereocenters. The lowest BCUT2D eigenvalue weighted by molar-refractivity contribution is -0.385. The molecule has 8 nitrogen and oxygen atoms in total. The summed E-state index contributed by atoms with van der Waals surface area (Å²) < 4.78 is 7.59. The minimum atomic E-state index is -0.333. The van der Waals surface area contributed by atoms with Gasteiger partial charge in [-0.25, -0.2) is 9.97 Å². The summed E-state index contributed by atoms with van der Waals surface area (Å²) in [6.45, 7) is 1.98. The van der Waals surface area contributed by atoms with Gasteiger partial charge in [0.1, 0.15) is 12.0 Å². The molecule has 0 spiro atoms. The number of para-hydroxylation sites is 1. The molecule has 3 saturated carbocycles. The number of benzene rings is 2. The van der Waals surface area contributed by atoms with Gasteiger partial charge in [0.15, 0.2) is 12.2 Å². The first-order valence-corrected chi connectivity index (χ1v) is 11.5. The third kappa shape index (κ3) is 2.56. The molecular weight excluding hydrogens is 430 g/mol. The summed E-state index contributed by atoms with van der Waals surface area (Å²) in [6.07, 6.45) is 8.49. The smallest absolute Gasteiger partial charge is 0.278 e. The summed E-state index contributed by atoms with van der Waals surface area (Å²) >= 11 is 0. The Labute approximate surface area is 195 Å². The van der Waals surface area contributed by atoms with Crippen LogP contribution in [0.4, 0.5) is 5.69 Å². The molecule has 4 aliphatic rings. The van der Waals surface area contributed by atoms with E-state index >= 15 is 0 Å². The highest BCUT2D eigenvalue weighted by atomic mass is 16.6. The highest BCUT2D eigenvalue weighted by Crippen LogP contribution is 2.65. The molecule has 3 fully saturated rings. The fourth-order valence-corrected chi connectivity index (χ4v) is 5.94. The number of nitrogens with zero attached hydrogens (tertiary/aromatic N) is 5. The summed E-state index contributed by atoms with van der Waals surface area (Å²) in [4.78, 5) is 25.4. The molecule has 0 unspecified atom stereocenters. The quantitative estimate of drug-likeness (QED) is 0.306. The number of fused-ring (bicyclic) bond motifs is 3. The lowest BCUT2D eigenvalue weighted by Gasteiger charge is -2.62. The van der Waals surface area contributed by atoms with Gasteiger partial charge in [-0.15, -0.1) is 0 Å². The molecule has 3 aliphatic carbocycles. The number of oxazole rings is 1. The molecule has 0 amide bonds. The fraction of sp³-hybridized carbons (Fsp3) is 0.269. The van der Waals surface area contributed by atoms with Crippen molar-refractivity contribution in [1.82, 2.24) is 14.5 Å². The van der Waals surface area contributed by atoms with Crippen LogP contribution in [0.15, 0.2) is 70.8 Å². The molecule has 1 aliphatic heterocycles. The highest BCUT2D eigenvalue weighted by Gasteiger charge is 2.57. The Morgan fingerprint density at radius 3 is 2.68 bits per heavy atom. The number of imidazole rings is 1. The van der Waals surface area contributed by atoms with E-state index < -0.39 is 0 Å². The molecule has 2 aromatic heterocycles. The van der Waals surface area contributed by atoms with Gasteiger partial charge in [0.25, 0.3) is 5.69 Å². The van der Waals surface area contributed by atoms with Gasteiger partial charge in [-0.3, -0.25) is 19.7 Å². The summed E-state index contributed by atoms with van der Waals surface area (Å²) in [5, 5.41) is 11.9. The van der Waals surface area contributed by atoms with Gasteiger partial charge in [-0.05, 0) is 61.3 Å². The zero-order valence-electron chi connectivity index (χ0n) is 18.5. The van der Waals surface area contributed by atoms with Gasteiger partial charge in [0, 0.05) is 11.6 Å². The van der Waals surface area contributed by atoms with E-state index in [-0.39, 0.29) is 22.1 Å². The first kappa shape index (κ1) is 19.4. The van der Waals surface area contributed by atoms with E-state index in [0.29, 0.717) is 22.7 Å². The first-order valence-electron chi connectivity index (χ1n) is 11.5. The molecule has 8 rings (SSSR count). The monoisotopic (exact) mass is 451 g/mol. The van der Waals surface area contributed by atoms with Crippen molar-refractivity contribution in [2.75, 3.05) is 0 Å². The van der Waals surface area contributed by atoms with Crippen molar-refractivity contribution in [3.8, 4) is 17.1 Å². The third-order valence-corrected chi connectivity index (χ3v) is 7.71.